The van der Waals surface area contributed by atoms with Crippen LogP contribution >= 0.6 is 0 Å². The van der Waals surface area contributed by atoms with Gasteiger partial charge in [0.05, 0.1) is 6.61 Å². The quantitative estimate of drug-likeness (QED) is 0.787. The number of methoxy groups -OCH3 is 1. The average Bonchev–Trinajstić information content (AvgIpc) is 2.67. The zero-order chi connectivity index (χ0) is 18.2. The van der Waals surface area contributed by atoms with Gasteiger partial charge >= 0.3 is 0 Å². The molecule has 5 heteroatoms. The molecule has 5 nitrogen and oxygen atoms in total. The number of aromatic hydroxyl groups is 1. The summed E-state index contributed by atoms with van der Waals surface area (Å²) in [4.78, 5) is 11.5. The van der Waals surface area contributed by atoms with Gasteiger partial charge in [-0.25, -0.2) is 9.97 Å². The Hall–Kier alpha value is -1.98. The maximum atomic E-state index is 9.64. The van der Waals surface area contributed by atoms with Crippen LogP contribution in [0.2, 0.25) is 0 Å². The molecular formula is C21H29N3O2. The van der Waals surface area contributed by atoms with Crippen LogP contribution < -0.4 is 0 Å². The first kappa shape index (κ1) is 18.8. The molecule has 0 saturated carbocycles. The van der Waals surface area contributed by atoms with Crippen molar-refractivity contribution in [3.05, 3.63) is 53.6 Å². The Kier molecular flexibility index (Phi) is 6.97. The predicted molar refractivity (Wildman–Crippen MR) is 102 cm³/mol. The lowest BCUT2D eigenvalue weighted by Crippen LogP contribution is -2.39. The number of benzene rings is 1. The number of hydrogen-bond donors (Lipinski definition) is 1. The second-order valence-corrected chi connectivity index (χ2v) is 7.08. The van der Waals surface area contributed by atoms with E-state index in [0.717, 1.165) is 38.2 Å². The lowest BCUT2D eigenvalue weighted by atomic mass is 9.95. The largest absolute Gasteiger partial charge is 0.508 e. The second-order valence-electron chi connectivity index (χ2n) is 7.08. The smallest absolute Gasteiger partial charge is 0.130 e. The van der Waals surface area contributed by atoms with Gasteiger partial charge in [-0.2, -0.15) is 0 Å². The Morgan fingerprint density at radius 1 is 1.15 bits per heavy atom. The average molecular weight is 355 g/mol. The number of hydrogen-bond acceptors (Lipinski definition) is 5. The number of ether oxygens (including phenoxy) is 1. The van der Waals surface area contributed by atoms with E-state index in [9.17, 15) is 5.11 Å². The Labute approximate surface area is 156 Å². The highest BCUT2D eigenvalue weighted by Gasteiger charge is 2.22. The highest BCUT2D eigenvalue weighted by Crippen LogP contribution is 2.24. The van der Waals surface area contributed by atoms with Gasteiger partial charge in [0.15, 0.2) is 0 Å². The number of aryl methyl sites for hydroxylation is 1. The van der Waals surface area contributed by atoms with Crippen molar-refractivity contribution < 1.29 is 9.84 Å². The summed E-state index contributed by atoms with van der Waals surface area (Å²) in [5.41, 5.74) is 2.39. The molecule has 1 aliphatic heterocycles. The molecule has 1 aromatic carbocycles. The third-order valence-corrected chi connectivity index (χ3v) is 5.10. The fourth-order valence-electron chi connectivity index (χ4n) is 3.66. The molecule has 1 aliphatic rings. The molecule has 0 aliphatic carbocycles. The standard InChI is InChI=1S/C21H29N3O2/c1-26-12-10-21-22-14-18(15-23-21)16-24-11-3-2-6-19(24)9-8-17-5-4-7-20(25)13-17/h4-5,7,13-15,19,25H,2-3,6,8-12,16H2,1H3/t19-/m0/s1. The molecule has 140 valence electrons. The molecule has 0 bridgehead atoms. The summed E-state index contributed by atoms with van der Waals surface area (Å²) in [6.07, 6.45) is 10.6. The van der Waals surface area contributed by atoms with Crippen LogP contribution in [0.25, 0.3) is 0 Å². The van der Waals surface area contributed by atoms with Gasteiger partial charge in [0.1, 0.15) is 11.6 Å². The van der Waals surface area contributed by atoms with Crippen molar-refractivity contribution in [1.82, 2.24) is 14.9 Å². The van der Waals surface area contributed by atoms with E-state index in [4.69, 9.17) is 4.74 Å². The van der Waals surface area contributed by atoms with Gasteiger partial charge in [0.25, 0.3) is 0 Å². The van der Waals surface area contributed by atoms with Gasteiger partial charge in [-0.05, 0) is 49.9 Å². The van der Waals surface area contributed by atoms with Crippen molar-refractivity contribution >= 4 is 0 Å². The fourth-order valence-corrected chi connectivity index (χ4v) is 3.66. The van der Waals surface area contributed by atoms with E-state index in [0.29, 0.717) is 18.4 Å². The van der Waals surface area contributed by atoms with Crippen LogP contribution in [0.1, 0.15) is 42.6 Å². The van der Waals surface area contributed by atoms with Gasteiger partial charge in [0, 0.05) is 44.1 Å². The first-order chi connectivity index (χ1) is 12.7. The zero-order valence-corrected chi connectivity index (χ0v) is 15.6. The molecule has 2 heterocycles. The van der Waals surface area contributed by atoms with E-state index in [-0.39, 0.29) is 0 Å². The third-order valence-electron chi connectivity index (χ3n) is 5.10. The third kappa shape index (κ3) is 5.51. The van der Waals surface area contributed by atoms with E-state index in [1.165, 1.54) is 30.4 Å². The van der Waals surface area contributed by atoms with E-state index in [1.54, 1.807) is 13.2 Å². The minimum atomic E-state index is 0.355. The number of rotatable bonds is 8. The molecule has 0 unspecified atom stereocenters. The maximum Gasteiger partial charge on any atom is 0.130 e. The molecule has 0 radical (unpaired) electrons. The highest BCUT2D eigenvalue weighted by molar-refractivity contribution is 5.27. The molecule has 0 amide bonds. The van der Waals surface area contributed by atoms with E-state index >= 15 is 0 Å². The minimum Gasteiger partial charge on any atom is -0.508 e. The molecule has 3 rings (SSSR count). The summed E-state index contributed by atoms with van der Waals surface area (Å²) in [5, 5.41) is 9.64. The topological polar surface area (TPSA) is 58.5 Å². The summed E-state index contributed by atoms with van der Waals surface area (Å²) in [5.74, 6) is 1.20. The fraction of sp³-hybridized carbons (Fsp3) is 0.524. The predicted octanol–water partition coefficient (Wildman–Crippen LogP) is 3.36. The number of piperidine rings is 1. The first-order valence-electron chi connectivity index (χ1n) is 9.55. The Balaban J connectivity index is 1.56. The van der Waals surface area contributed by atoms with E-state index in [2.05, 4.69) is 20.9 Å². The van der Waals surface area contributed by atoms with Gasteiger partial charge in [-0.3, -0.25) is 4.90 Å². The van der Waals surface area contributed by atoms with Gasteiger partial charge in [0.2, 0.25) is 0 Å². The number of likely N-dealkylation sites (tertiary alicyclic amines) is 1. The molecule has 1 fully saturated rings. The summed E-state index contributed by atoms with van der Waals surface area (Å²) in [6, 6.07) is 8.21. The van der Waals surface area contributed by atoms with Crippen LogP contribution in [0.4, 0.5) is 0 Å². The zero-order valence-electron chi connectivity index (χ0n) is 15.6. The van der Waals surface area contributed by atoms with Crippen molar-refractivity contribution in [2.75, 3.05) is 20.3 Å². The lowest BCUT2D eigenvalue weighted by molar-refractivity contribution is 0.132. The molecule has 1 atom stereocenters. The first-order valence-corrected chi connectivity index (χ1v) is 9.55. The van der Waals surface area contributed by atoms with Gasteiger partial charge in [-0.1, -0.05) is 18.6 Å². The normalized spacial score (nSPS) is 18.1. The molecule has 1 N–H and O–H groups in total. The van der Waals surface area contributed by atoms with Crippen molar-refractivity contribution in [3.63, 3.8) is 0 Å². The van der Waals surface area contributed by atoms with Crippen molar-refractivity contribution in [1.29, 1.82) is 0 Å². The summed E-state index contributed by atoms with van der Waals surface area (Å²) >= 11 is 0. The summed E-state index contributed by atoms with van der Waals surface area (Å²) < 4.78 is 5.08. The van der Waals surface area contributed by atoms with Gasteiger partial charge < -0.3 is 9.84 Å². The van der Waals surface area contributed by atoms with Crippen molar-refractivity contribution in [2.45, 2.75) is 51.1 Å². The van der Waals surface area contributed by atoms with E-state index < -0.39 is 0 Å². The summed E-state index contributed by atoms with van der Waals surface area (Å²) in [6.45, 7) is 2.70. The monoisotopic (exact) mass is 355 g/mol. The van der Waals surface area contributed by atoms with Crippen molar-refractivity contribution in [2.24, 2.45) is 0 Å². The second kappa shape index (κ2) is 9.64. The molecular weight excluding hydrogens is 326 g/mol. The molecule has 0 spiro atoms. The molecule has 1 aromatic heterocycles. The SMILES string of the molecule is COCCc1ncc(CN2CCCC[C@H]2CCc2cccc(O)c2)cn1. The molecule has 2 aromatic rings. The number of nitrogens with zero attached hydrogens (tertiary/aromatic N) is 3. The van der Waals surface area contributed by atoms with Crippen LogP contribution in [-0.4, -0.2) is 46.3 Å². The van der Waals surface area contributed by atoms with Crippen LogP contribution in [0.3, 0.4) is 0 Å². The van der Waals surface area contributed by atoms with E-state index in [1.807, 2.05) is 24.5 Å². The van der Waals surface area contributed by atoms with Gasteiger partial charge in [-0.15, -0.1) is 0 Å². The minimum absolute atomic E-state index is 0.355. The molecule has 26 heavy (non-hydrogen) atoms. The van der Waals surface area contributed by atoms with Crippen LogP contribution in [0.15, 0.2) is 36.7 Å². The van der Waals surface area contributed by atoms with Crippen LogP contribution in [-0.2, 0) is 24.1 Å². The van der Waals surface area contributed by atoms with Crippen LogP contribution in [0.5, 0.6) is 5.75 Å². The Morgan fingerprint density at radius 3 is 2.77 bits per heavy atom. The van der Waals surface area contributed by atoms with Crippen molar-refractivity contribution in [3.8, 4) is 5.75 Å². The Morgan fingerprint density at radius 2 is 2.00 bits per heavy atom. The Bertz CT molecular complexity index is 675. The number of phenols is 1. The van der Waals surface area contributed by atoms with Crippen LogP contribution in [0, 0.1) is 0 Å². The lowest BCUT2D eigenvalue weighted by Gasteiger charge is -2.35. The number of aromatic nitrogens is 2. The maximum absolute atomic E-state index is 9.64. The summed E-state index contributed by atoms with van der Waals surface area (Å²) in [7, 11) is 1.70. The highest BCUT2D eigenvalue weighted by atomic mass is 16.5. The molecule has 1 saturated heterocycles. The number of phenolic OH excluding ortho intramolecular Hbond substituents is 1.